The normalized spacial score (nSPS) is 16.6. The van der Waals surface area contributed by atoms with E-state index in [9.17, 15) is 0 Å². The molecule has 1 N–H and O–H groups in total. The Morgan fingerprint density at radius 1 is 0.829 bits per heavy atom. The number of unbranched alkanes of at least 4 members (excludes halogenated alkanes) is 2. The average Bonchev–Trinajstić information content (AvgIpc) is 3.24. The maximum atomic E-state index is 4.54. The van der Waals surface area contributed by atoms with E-state index in [1.54, 1.807) is 23.9 Å². The van der Waals surface area contributed by atoms with Gasteiger partial charge in [0.2, 0.25) is 0 Å². The van der Waals surface area contributed by atoms with Crippen LogP contribution in [0, 0.1) is 13.3 Å². The molecule has 0 fully saturated rings. The summed E-state index contributed by atoms with van der Waals surface area (Å²) < 4.78 is 4.36. The van der Waals surface area contributed by atoms with Crippen LogP contribution in [0.5, 0.6) is 0 Å². The van der Waals surface area contributed by atoms with E-state index in [-0.39, 0.29) is 17.1 Å². The van der Waals surface area contributed by atoms with Gasteiger partial charge in [0.05, 0.1) is 0 Å². The first-order valence-electron chi connectivity index (χ1n) is 12.3. The monoisotopic (exact) mass is 563 g/mol. The van der Waals surface area contributed by atoms with Crippen molar-refractivity contribution in [2.75, 3.05) is 25.6 Å². The van der Waals surface area contributed by atoms with Crippen LogP contribution in [-0.4, -0.2) is 44.0 Å². The Labute approximate surface area is 235 Å². The van der Waals surface area contributed by atoms with Crippen LogP contribution in [0.2, 0.25) is 0 Å². The van der Waals surface area contributed by atoms with Crippen molar-refractivity contribution in [2.45, 2.75) is 81.1 Å². The van der Waals surface area contributed by atoms with Gasteiger partial charge < -0.3 is 29.0 Å². The zero-order valence-electron chi connectivity index (χ0n) is 23.5. The van der Waals surface area contributed by atoms with Crippen LogP contribution in [0.3, 0.4) is 0 Å². The molecule has 0 atom stereocenters. The molecule has 0 bridgehead atoms. The number of nitrogens with zero attached hydrogens (tertiary/aromatic N) is 5. The summed E-state index contributed by atoms with van der Waals surface area (Å²) in [4.78, 5) is 4.33. The van der Waals surface area contributed by atoms with Crippen molar-refractivity contribution in [1.29, 1.82) is 0 Å². The van der Waals surface area contributed by atoms with E-state index in [0.717, 1.165) is 18.8 Å². The molecule has 0 saturated heterocycles. The second-order valence-electron chi connectivity index (χ2n) is 8.50. The van der Waals surface area contributed by atoms with Crippen LogP contribution in [0.25, 0.3) is 5.32 Å². The Kier molecular flexibility index (Phi) is 17.7. The first-order chi connectivity index (χ1) is 16.2. The fraction of sp³-hybridized carbons (Fsp3) is 0.615. The Balaban J connectivity index is 0.000000642. The summed E-state index contributed by atoms with van der Waals surface area (Å²) in [7, 11) is 0. The minimum atomic E-state index is 0. The summed E-state index contributed by atoms with van der Waals surface area (Å²) >= 11 is 3.44. The molecule has 2 heterocycles. The first kappa shape index (κ1) is 34.0. The molecule has 0 amide bonds. The number of hydrogen-bond acceptors (Lipinski definition) is 7. The van der Waals surface area contributed by atoms with Gasteiger partial charge in [0.1, 0.15) is 0 Å². The average molecular weight is 564 g/mol. The first-order valence-corrected chi connectivity index (χ1v) is 14.6. The molecule has 2 rings (SSSR count). The van der Waals surface area contributed by atoms with Crippen molar-refractivity contribution in [3.05, 3.63) is 65.2 Å². The summed E-state index contributed by atoms with van der Waals surface area (Å²) in [6, 6.07) is 0. The number of nitrogens with one attached hydrogen (secondary N) is 1. The molecule has 0 aromatic carbocycles. The molecule has 2 aliphatic rings. The minimum Gasteiger partial charge on any atom is -0.687 e. The smallest absolute Gasteiger partial charge is 0.687 e. The molecule has 6 nitrogen and oxygen atoms in total. The van der Waals surface area contributed by atoms with Crippen molar-refractivity contribution in [3.63, 3.8) is 0 Å². The van der Waals surface area contributed by atoms with E-state index in [1.807, 2.05) is 0 Å². The van der Waals surface area contributed by atoms with Gasteiger partial charge in [-0.25, -0.2) is 0 Å². The molecule has 0 unspecified atom stereocenters. The van der Waals surface area contributed by atoms with E-state index in [0.29, 0.717) is 0 Å². The van der Waals surface area contributed by atoms with Crippen LogP contribution in [-0.2, 0) is 17.1 Å². The van der Waals surface area contributed by atoms with Crippen molar-refractivity contribution in [1.82, 2.24) is 23.7 Å². The Bertz CT molecular complexity index is 688. The third-order valence-electron chi connectivity index (χ3n) is 5.80. The van der Waals surface area contributed by atoms with Crippen LogP contribution in [0.1, 0.15) is 81.1 Å². The molecule has 0 aromatic heterocycles. The van der Waals surface area contributed by atoms with Crippen LogP contribution in [0.15, 0.2) is 46.6 Å². The second kappa shape index (κ2) is 18.3. The van der Waals surface area contributed by atoms with Crippen LogP contribution < -0.4 is 5.32 Å². The van der Waals surface area contributed by atoms with Crippen LogP contribution in [0.4, 0.5) is 0 Å². The van der Waals surface area contributed by atoms with E-state index < -0.39 is 0 Å². The molecule has 2 aliphatic heterocycles. The van der Waals surface area contributed by atoms with E-state index >= 15 is 0 Å². The largest absolute Gasteiger partial charge is 3.00 e. The van der Waals surface area contributed by atoms with E-state index in [4.69, 9.17) is 0 Å². The topological polar surface area (TPSA) is 39.1 Å². The molecule has 0 saturated carbocycles. The van der Waals surface area contributed by atoms with Gasteiger partial charge in [-0.05, 0) is 66.0 Å². The number of hydrogen-bond donors (Lipinski definition) is 1. The molecular formula is C26H47FeN6S2. The third-order valence-corrected chi connectivity index (χ3v) is 7.32. The van der Waals surface area contributed by atoms with E-state index in [2.05, 4.69) is 123 Å². The molecule has 0 aliphatic carbocycles. The van der Waals surface area contributed by atoms with Crippen molar-refractivity contribution >= 4 is 23.9 Å². The predicted octanol–water partition coefficient (Wildman–Crippen LogP) is 7.79. The zero-order chi connectivity index (χ0) is 25.7. The molecule has 9 heteroatoms. The van der Waals surface area contributed by atoms with Gasteiger partial charge in [0.25, 0.3) is 0 Å². The summed E-state index contributed by atoms with van der Waals surface area (Å²) in [5.74, 6) is 0. The summed E-state index contributed by atoms with van der Waals surface area (Å²) in [5, 5.41) is 7.97. The SMILES string of the molecule is CCCCN/C(C)=C\N1[CH-]N(SC)C(C)=C1C.CCCC[N-]/C(C)=C\N1[CH-]N(SC)C(C)=C1C.[Fe+3]. The van der Waals surface area contributed by atoms with Gasteiger partial charge in [0.15, 0.2) is 0 Å². The zero-order valence-corrected chi connectivity index (χ0v) is 26.2. The van der Waals surface area contributed by atoms with Crippen molar-refractivity contribution in [2.24, 2.45) is 0 Å². The summed E-state index contributed by atoms with van der Waals surface area (Å²) in [5.41, 5.74) is 7.44. The number of rotatable bonds is 12. The minimum absolute atomic E-state index is 0. The second-order valence-corrected chi connectivity index (χ2v) is 10.0. The standard InChI is InChI=1S/C13H24N3S.C13H23N3S.Fe/c2*1-6-7-8-14-11(2)9-15-10-16(17-5)13(4)12(15)3;/h9-10,14H,6-8H2,1-5H3;9-10H,6-8H2,1-5H3;/q-1;-2;+3/b2*11-9-;. The molecule has 0 spiro atoms. The van der Waals surface area contributed by atoms with E-state index in [1.165, 1.54) is 54.2 Å². The van der Waals surface area contributed by atoms with Gasteiger partial charge in [-0.3, -0.25) is 0 Å². The van der Waals surface area contributed by atoms with Gasteiger partial charge in [0, 0.05) is 35.0 Å². The van der Waals surface area contributed by atoms with Crippen LogP contribution >= 0.6 is 23.9 Å². The Hall–Kier alpha value is -1.02. The Morgan fingerprint density at radius 2 is 1.31 bits per heavy atom. The third kappa shape index (κ3) is 11.3. The van der Waals surface area contributed by atoms with Gasteiger partial charge in [-0.1, -0.05) is 63.9 Å². The van der Waals surface area contributed by atoms with Crippen molar-refractivity contribution < 1.29 is 17.1 Å². The molecule has 35 heavy (non-hydrogen) atoms. The quantitative estimate of drug-likeness (QED) is 0.112. The molecule has 201 valence electrons. The van der Waals surface area contributed by atoms with Gasteiger partial charge in [-0.15, -0.1) is 19.9 Å². The maximum absolute atomic E-state index is 4.54. The predicted molar refractivity (Wildman–Crippen MR) is 153 cm³/mol. The summed E-state index contributed by atoms with van der Waals surface area (Å²) in [6.45, 7) is 23.4. The fourth-order valence-electron chi connectivity index (χ4n) is 3.27. The number of allylic oxidation sites excluding steroid dienone is 6. The molecular weight excluding hydrogens is 516 g/mol. The summed E-state index contributed by atoms with van der Waals surface area (Å²) in [6.07, 6.45) is 13.2. The van der Waals surface area contributed by atoms with Gasteiger partial charge in [-0.2, -0.15) is 5.70 Å². The Morgan fingerprint density at radius 3 is 1.74 bits per heavy atom. The van der Waals surface area contributed by atoms with Gasteiger partial charge >= 0.3 is 17.1 Å². The fourth-order valence-corrected chi connectivity index (χ4v) is 4.47. The molecule has 1 radical (unpaired) electrons. The maximum Gasteiger partial charge on any atom is 3.00 e. The molecule has 0 aromatic rings. The van der Waals surface area contributed by atoms with Crippen molar-refractivity contribution in [3.8, 4) is 0 Å².